The predicted octanol–water partition coefficient (Wildman–Crippen LogP) is 3.14. The fourth-order valence-electron chi connectivity index (χ4n) is 1.62. The molecular weight excluding hydrogens is 210 g/mol. The largest absolute Gasteiger partial charge is 0.264 e. The molecule has 2 rings (SSSR count). The highest BCUT2D eigenvalue weighted by atomic mass is 19.2. The minimum absolute atomic E-state index is 0.111. The van der Waals surface area contributed by atoms with Crippen LogP contribution in [-0.2, 0) is 0 Å². The smallest absolute Gasteiger partial charge is 0.168 e. The van der Waals surface area contributed by atoms with Crippen LogP contribution in [-0.4, -0.2) is 4.98 Å². The Morgan fingerprint density at radius 1 is 1.25 bits per heavy atom. The van der Waals surface area contributed by atoms with Crippen molar-refractivity contribution in [3.05, 3.63) is 41.7 Å². The van der Waals surface area contributed by atoms with Crippen LogP contribution in [0.25, 0.3) is 10.8 Å². The quantitative estimate of drug-likeness (QED) is 0.737. The summed E-state index contributed by atoms with van der Waals surface area (Å²) in [6, 6.07) is 4.58. The van der Waals surface area contributed by atoms with Crippen LogP contribution in [0.4, 0.5) is 8.78 Å². The van der Waals surface area contributed by atoms with Crippen molar-refractivity contribution in [2.24, 2.45) is 0 Å². The summed E-state index contributed by atoms with van der Waals surface area (Å²) in [6.07, 6.45) is 2.77. The van der Waals surface area contributed by atoms with E-state index in [1.807, 2.05) is 0 Å². The SMILES string of the molecule is CC(C#N)c1cncc2c(F)c(F)ccc12. The van der Waals surface area contributed by atoms with Crippen molar-refractivity contribution in [3.8, 4) is 6.07 Å². The monoisotopic (exact) mass is 218 g/mol. The Kier molecular flexibility index (Phi) is 2.53. The molecule has 0 spiro atoms. The summed E-state index contributed by atoms with van der Waals surface area (Å²) >= 11 is 0. The van der Waals surface area contributed by atoms with Gasteiger partial charge in [-0.3, -0.25) is 4.98 Å². The third kappa shape index (κ3) is 1.50. The maximum Gasteiger partial charge on any atom is 0.168 e. The second-order valence-corrected chi connectivity index (χ2v) is 3.54. The molecule has 1 unspecified atom stereocenters. The molecule has 0 aliphatic heterocycles. The second-order valence-electron chi connectivity index (χ2n) is 3.54. The van der Waals surface area contributed by atoms with Crippen molar-refractivity contribution >= 4 is 10.8 Å². The summed E-state index contributed by atoms with van der Waals surface area (Å²) in [5, 5.41) is 9.47. The molecule has 80 valence electrons. The number of hydrogen-bond donors (Lipinski definition) is 0. The lowest BCUT2D eigenvalue weighted by molar-refractivity contribution is 0.516. The predicted molar refractivity (Wildman–Crippen MR) is 55.7 cm³/mol. The molecule has 0 N–H and O–H groups in total. The van der Waals surface area contributed by atoms with Gasteiger partial charge in [0.15, 0.2) is 11.6 Å². The summed E-state index contributed by atoms with van der Waals surface area (Å²) in [5.74, 6) is -2.23. The number of aromatic nitrogens is 1. The summed E-state index contributed by atoms with van der Waals surface area (Å²) in [7, 11) is 0. The third-order valence-electron chi connectivity index (χ3n) is 2.52. The highest BCUT2D eigenvalue weighted by Gasteiger charge is 2.13. The number of rotatable bonds is 1. The summed E-state index contributed by atoms with van der Waals surface area (Å²) in [6.45, 7) is 1.69. The van der Waals surface area contributed by atoms with Crippen LogP contribution in [0.2, 0.25) is 0 Å². The average Bonchev–Trinajstić information content (AvgIpc) is 2.32. The van der Waals surface area contributed by atoms with Gasteiger partial charge in [0.05, 0.1) is 12.0 Å². The van der Waals surface area contributed by atoms with Gasteiger partial charge in [-0.1, -0.05) is 6.07 Å². The van der Waals surface area contributed by atoms with Crippen LogP contribution in [0, 0.1) is 23.0 Å². The molecule has 1 heterocycles. The Hall–Kier alpha value is -2.02. The second kappa shape index (κ2) is 3.86. The van der Waals surface area contributed by atoms with Crippen LogP contribution in [0.5, 0.6) is 0 Å². The van der Waals surface area contributed by atoms with E-state index in [4.69, 9.17) is 5.26 Å². The summed E-state index contributed by atoms with van der Waals surface area (Å²) < 4.78 is 26.4. The molecule has 0 aliphatic rings. The highest BCUT2D eigenvalue weighted by Crippen LogP contribution is 2.26. The van der Waals surface area contributed by atoms with Gasteiger partial charge in [-0.2, -0.15) is 5.26 Å². The van der Waals surface area contributed by atoms with E-state index in [-0.39, 0.29) is 5.39 Å². The van der Waals surface area contributed by atoms with Crippen LogP contribution in [0.3, 0.4) is 0 Å². The first kappa shape index (κ1) is 10.5. The molecule has 16 heavy (non-hydrogen) atoms. The van der Waals surface area contributed by atoms with Gasteiger partial charge < -0.3 is 0 Å². The number of nitrogens with zero attached hydrogens (tertiary/aromatic N) is 2. The summed E-state index contributed by atoms with van der Waals surface area (Å²) in [4.78, 5) is 3.83. The Bertz CT molecular complexity index is 587. The number of nitriles is 1. The number of pyridine rings is 1. The lowest BCUT2D eigenvalue weighted by atomic mass is 9.98. The molecule has 2 nitrogen and oxygen atoms in total. The van der Waals surface area contributed by atoms with Gasteiger partial charge in [-0.05, 0) is 23.9 Å². The molecule has 1 aromatic heterocycles. The number of benzene rings is 1. The van der Waals surface area contributed by atoms with Gasteiger partial charge >= 0.3 is 0 Å². The standard InChI is InChI=1S/C12H8F2N2/c1-7(4-15)9-5-16-6-10-8(9)2-3-11(13)12(10)14/h2-3,5-7H,1H3. The Morgan fingerprint density at radius 2 is 2.00 bits per heavy atom. The average molecular weight is 218 g/mol. The molecule has 4 heteroatoms. The van der Waals surface area contributed by atoms with Crippen LogP contribution < -0.4 is 0 Å². The van der Waals surface area contributed by atoms with Gasteiger partial charge in [0, 0.05) is 17.8 Å². The minimum atomic E-state index is -0.919. The van der Waals surface area contributed by atoms with Gasteiger partial charge in [0.25, 0.3) is 0 Å². The maximum absolute atomic E-state index is 13.4. The van der Waals surface area contributed by atoms with E-state index < -0.39 is 17.6 Å². The van der Waals surface area contributed by atoms with Crippen molar-refractivity contribution in [1.29, 1.82) is 5.26 Å². The van der Waals surface area contributed by atoms with E-state index >= 15 is 0 Å². The molecule has 0 saturated carbocycles. The molecule has 1 aromatic carbocycles. The lowest BCUT2D eigenvalue weighted by Crippen LogP contribution is -1.95. The fourth-order valence-corrected chi connectivity index (χ4v) is 1.62. The maximum atomic E-state index is 13.4. The van der Waals surface area contributed by atoms with Crippen molar-refractivity contribution in [3.63, 3.8) is 0 Å². The van der Waals surface area contributed by atoms with Gasteiger partial charge in [0.2, 0.25) is 0 Å². The Balaban J connectivity index is 2.81. The van der Waals surface area contributed by atoms with Gasteiger partial charge in [-0.15, -0.1) is 0 Å². The zero-order valence-corrected chi connectivity index (χ0v) is 8.54. The Morgan fingerprint density at radius 3 is 2.69 bits per heavy atom. The molecule has 0 radical (unpaired) electrons. The molecular formula is C12H8F2N2. The van der Waals surface area contributed by atoms with Crippen molar-refractivity contribution < 1.29 is 8.78 Å². The van der Waals surface area contributed by atoms with E-state index in [1.165, 1.54) is 18.5 Å². The van der Waals surface area contributed by atoms with Crippen molar-refractivity contribution in [1.82, 2.24) is 4.98 Å². The first-order chi connectivity index (χ1) is 7.65. The zero-order chi connectivity index (χ0) is 11.7. The minimum Gasteiger partial charge on any atom is -0.264 e. The molecule has 0 saturated heterocycles. The highest BCUT2D eigenvalue weighted by molar-refractivity contribution is 5.86. The van der Waals surface area contributed by atoms with E-state index in [1.54, 1.807) is 6.92 Å². The molecule has 0 bridgehead atoms. The van der Waals surface area contributed by atoms with Crippen molar-refractivity contribution in [2.45, 2.75) is 12.8 Å². The van der Waals surface area contributed by atoms with E-state index in [0.29, 0.717) is 10.9 Å². The Labute approximate surface area is 91.2 Å². The third-order valence-corrected chi connectivity index (χ3v) is 2.52. The van der Waals surface area contributed by atoms with Crippen molar-refractivity contribution in [2.75, 3.05) is 0 Å². The first-order valence-corrected chi connectivity index (χ1v) is 4.76. The van der Waals surface area contributed by atoms with E-state index in [0.717, 1.165) is 6.07 Å². The van der Waals surface area contributed by atoms with E-state index in [2.05, 4.69) is 11.1 Å². The van der Waals surface area contributed by atoms with Gasteiger partial charge in [0.1, 0.15) is 0 Å². The first-order valence-electron chi connectivity index (χ1n) is 4.76. The van der Waals surface area contributed by atoms with Crippen LogP contribution in [0.15, 0.2) is 24.5 Å². The lowest BCUT2D eigenvalue weighted by Gasteiger charge is -2.07. The van der Waals surface area contributed by atoms with Crippen LogP contribution in [0.1, 0.15) is 18.4 Å². The fraction of sp³-hybridized carbons (Fsp3) is 0.167. The van der Waals surface area contributed by atoms with E-state index in [9.17, 15) is 8.78 Å². The topological polar surface area (TPSA) is 36.7 Å². The molecule has 0 amide bonds. The summed E-state index contributed by atoms with van der Waals surface area (Å²) in [5.41, 5.74) is 0.610. The number of fused-ring (bicyclic) bond motifs is 1. The van der Waals surface area contributed by atoms with Crippen LogP contribution >= 0.6 is 0 Å². The molecule has 0 aliphatic carbocycles. The number of hydrogen-bond acceptors (Lipinski definition) is 2. The zero-order valence-electron chi connectivity index (χ0n) is 8.54. The van der Waals surface area contributed by atoms with Gasteiger partial charge in [-0.25, -0.2) is 8.78 Å². The molecule has 2 aromatic rings. The molecule has 0 fully saturated rings. The normalized spacial score (nSPS) is 12.4. The number of halogens is 2. The molecule has 1 atom stereocenters.